The van der Waals surface area contributed by atoms with E-state index in [1.54, 1.807) is 0 Å². The van der Waals surface area contributed by atoms with Crippen molar-refractivity contribution in [2.45, 2.75) is 25.3 Å². The smallest absolute Gasteiger partial charge is 0.0476 e. The van der Waals surface area contributed by atoms with Crippen molar-refractivity contribution in [3.8, 4) is 0 Å². The average Bonchev–Trinajstić information content (AvgIpc) is 2.19. The van der Waals surface area contributed by atoms with Crippen molar-refractivity contribution < 1.29 is 0 Å². The van der Waals surface area contributed by atoms with Crippen LogP contribution in [0, 0.1) is 0 Å². The van der Waals surface area contributed by atoms with E-state index < -0.39 is 0 Å². The number of unbranched alkanes of at least 4 members (excludes halogenated alkanes) is 1. The lowest BCUT2D eigenvalue weighted by atomic mass is 10.1. The predicted molar refractivity (Wildman–Crippen MR) is 58.4 cm³/mol. The van der Waals surface area contributed by atoms with Gasteiger partial charge in [-0.1, -0.05) is 36.5 Å². The van der Waals surface area contributed by atoms with E-state index in [9.17, 15) is 0 Å². The van der Waals surface area contributed by atoms with Gasteiger partial charge in [-0.3, -0.25) is 0 Å². The zero-order valence-corrected chi connectivity index (χ0v) is 7.95. The van der Waals surface area contributed by atoms with E-state index in [1.807, 2.05) is 12.3 Å². The largest absolute Gasteiger partial charge is 0.385 e. The fourth-order valence-electron chi connectivity index (χ4n) is 1.19. The monoisotopic (exact) mass is 175 g/mol. The highest BCUT2D eigenvalue weighted by Crippen LogP contribution is 2.02. The second kappa shape index (κ2) is 6.30. The van der Waals surface area contributed by atoms with Crippen LogP contribution < -0.4 is 5.32 Å². The van der Waals surface area contributed by atoms with Gasteiger partial charge in [0.15, 0.2) is 0 Å². The molecule has 1 aliphatic carbocycles. The standard InChI is InChI=1S/C12H17N/c1-2-3-4-8-11-13-12-9-6-5-7-10-12/h2,5-9,11-13H,1,3-4,10H2/b11-8+. The zero-order valence-electron chi connectivity index (χ0n) is 7.95. The van der Waals surface area contributed by atoms with Gasteiger partial charge in [0.2, 0.25) is 0 Å². The Morgan fingerprint density at radius 1 is 1.38 bits per heavy atom. The van der Waals surface area contributed by atoms with Gasteiger partial charge in [0.25, 0.3) is 0 Å². The molecule has 0 heterocycles. The summed E-state index contributed by atoms with van der Waals surface area (Å²) in [4.78, 5) is 0. The molecule has 1 rings (SSSR count). The van der Waals surface area contributed by atoms with Gasteiger partial charge in [-0.05, 0) is 25.5 Å². The molecule has 0 fully saturated rings. The highest BCUT2D eigenvalue weighted by atomic mass is 14.9. The summed E-state index contributed by atoms with van der Waals surface area (Å²) in [6.07, 6.45) is 17.9. The number of rotatable bonds is 5. The van der Waals surface area contributed by atoms with Crippen LogP contribution in [0.25, 0.3) is 0 Å². The van der Waals surface area contributed by atoms with E-state index in [-0.39, 0.29) is 0 Å². The Labute approximate surface area is 80.5 Å². The molecular formula is C12H17N. The van der Waals surface area contributed by atoms with Gasteiger partial charge in [-0.15, -0.1) is 6.58 Å². The molecule has 0 spiro atoms. The number of nitrogens with one attached hydrogen (secondary N) is 1. The summed E-state index contributed by atoms with van der Waals surface area (Å²) in [5.41, 5.74) is 0. The Morgan fingerprint density at radius 3 is 3.00 bits per heavy atom. The SMILES string of the molecule is C=CCC/C=C/NC1C=CC=CC1. The molecule has 0 aromatic heterocycles. The van der Waals surface area contributed by atoms with Gasteiger partial charge < -0.3 is 5.32 Å². The first kappa shape index (κ1) is 9.85. The number of allylic oxidation sites excluding steroid dienone is 4. The molecule has 0 aromatic rings. The summed E-state index contributed by atoms with van der Waals surface area (Å²) in [5.74, 6) is 0. The molecule has 0 aliphatic heterocycles. The first-order chi connectivity index (χ1) is 6.43. The zero-order chi connectivity index (χ0) is 9.36. The highest BCUT2D eigenvalue weighted by Gasteiger charge is 1.99. The summed E-state index contributed by atoms with van der Waals surface area (Å²) in [6.45, 7) is 3.67. The molecule has 1 N–H and O–H groups in total. The molecular weight excluding hydrogens is 158 g/mol. The molecule has 70 valence electrons. The van der Waals surface area contributed by atoms with Crippen LogP contribution >= 0.6 is 0 Å². The maximum absolute atomic E-state index is 3.67. The summed E-state index contributed by atoms with van der Waals surface area (Å²) < 4.78 is 0. The fraction of sp³-hybridized carbons (Fsp3) is 0.333. The van der Waals surface area contributed by atoms with E-state index in [2.05, 4.69) is 42.3 Å². The van der Waals surface area contributed by atoms with Gasteiger partial charge in [-0.2, -0.15) is 0 Å². The molecule has 1 aliphatic rings. The Bertz CT molecular complexity index is 223. The van der Waals surface area contributed by atoms with Crippen LogP contribution in [-0.2, 0) is 0 Å². The van der Waals surface area contributed by atoms with Crippen LogP contribution in [-0.4, -0.2) is 6.04 Å². The van der Waals surface area contributed by atoms with Crippen molar-refractivity contribution in [3.05, 3.63) is 49.2 Å². The minimum atomic E-state index is 0.477. The van der Waals surface area contributed by atoms with Crippen molar-refractivity contribution >= 4 is 0 Å². The Hall–Kier alpha value is -1.24. The van der Waals surface area contributed by atoms with Crippen LogP contribution in [0.2, 0.25) is 0 Å². The highest BCUT2D eigenvalue weighted by molar-refractivity contribution is 5.14. The van der Waals surface area contributed by atoms with Gasteiger partial charge >= 0.3 is 0 Å². The maximum Gasteiger partial charge on any atom is 0.0476 e. The third-order valence-corrected chi connectivity index (χ3v) is 1.95. The first-order valence-electron chi connectivity index (χ1n) is 4.79. The first-order valence-corrected chi connectivity index (χ1v) is 4.79. The lowest BCUT2D eigenvalue weighted by molar-refractivity contribution is 0.702. The Morgan fingerprint density at radius 2 is 2.31 bits per heavy atom. The molecule has 0 saturated heterocycles. The molecule has 1 heteroatoms. The Balaban J connectivity index is 2.11. The fourth-order valence-corrected chi connectivity index (χ4v) is 1.19. The molecule has 13 heavy (non-hydrogen) atoms. The summed E-state index contributed by atoms with van der Waals surface area (Å²) in [5, 5.41) is 3.33. The van der Waals surface area contributed by atoms with Crippen molar-refractivity contribution in [3.63, 3.8) is 0 Å². The van der Waals surface area contributed by atoms with Crippen molar-refractivity contribution in [2.24, 2.45) is 0 Å². The van der Waals surface area contributed by atoms with Crippen molar-refractivity contribution in [1.82, 2.24) is 5.32 Å². The van der Waals surface area contributed by atoms with Crippen LogP contribution in [0.4, 0.5) is 0 Å². The van der Waals surface area contributed by atoms with E-state index in [4.69, 9.17) is 0 Å². The van der Waals surface area contributed by atoms with Crippen LogP contribution in [0.1, 0.15) is 19.3 Å². The summed E-state index contributed by atoms with van der Waals surface area (Å²) >= 11 is 0. The molecule has 0 radical (unpaired) electrons. The van der Waals surface area contributed by atoms with E-state index in [1.165, 1.54) is 0 Å². The second-order valence-electron chi connectivity index (χ2n) is 3.09. The van der Waals surface area contributed by atoms with Crippen LogP contribution in [0.3, 0.4) is 0 Å². The van der Waals surface area contributed by atoms with Crippen LogP contribution in [0.15, 0.2) is 49.2 Å². The predicted octanol–water partition coefficient (Wildman–Crippen LogP) is 2.94. The summed E-state index contributed by atoms with van der Waals surface area (Å²) in [7, 11) is 0. The molecule has 0 bridgehead atoms. The topological polar surface area (TPSA) is 12.0 Å². The van der Waals surface area contributed by atoms with Crippen molar-refractivity contribution in [1.29, 1.82) is 0 Å². The number of hydrogen-bond donors (Lipinski definition) is 1. The lowest BCUT2D eigenvalue weighted by Gasteiger charge is -2.12. The quantitative estimate of drug-likeness (QED) is 0.500. The van der Waals surface area contributed by atoms with Gasteiger partial charge in [0.05, 0.1) is 0 Å². The third-order valence-electron chi connectivity index (χ3n) is 1.95. The normalized spacial score (nSPS) is 20.8. The lowest BCUT2D eigenvalue weighted by Crippen LogP contribution is -2.21. The number of hydrogen-bond acceptors (Lipinski definition) is 1. The van der Waals surface area contributed by atoms with Crippen LogP contribution in [0.5, 0.6) is 0 Å². The molecule has 0 saturated carbocycles. The van der Waals surface area contributed by atoms with E-state index in [0.717, 1.165) is 19.3 Å². The maximum atomic E-state index is 3.67. The van der Waals surface area contributed by atoms with Gasteiger partial charge in [0, 0.05) is 6.04 Å². The molecule has 1 nitrogen and oxygen atoms in total. The average molecular weight is 175 g/mol. The van der Waals surface area contributed by atoms with Crippen molar-refractivity contribution in [2.75, 3.05) is 0 Å². The minimum absolute atomic E-state index is 0.477. The minimum Gasteiger partial charge on any atom is -0.385 e. The molecule has 0 amide bonds. The molecule has 1 atom stereocenters. The van der Waals surface area contributed by atoms with E-state index in [0.29, 0.717) is 6.04 Å². The third kappa shape index (κ3) is 4.36. The summed E-state index contributed by atoms with van der Waals surface area (Å²) in [6, 6.07) is 0.477. The van der Waals surface area contributed by atoms with Gasteiger partial charge in [-0.25, -0.2) is 0 Å². The Kier molecular flexibility index (Phi) is 4.77. The second-order valence-corrected chi connectivity index (χ2v) is 3.09. The molecule has 1 unspecified atom stereocenters. The van der Waals surface area contributed by atoms with E-state index >= 15 is 0 Å². The molecule has 0 aromatic carbocycles. The van der Waals surface area contributed by atoms with Gasteiger partial charge in [0.1, 0.15) is 0 Å².